The first-order valence-corrected chi connectivity index (χ1v) is 12.8. The molecule has 0 unspecified atom stereocenters. The average molecular weight is 528 g/mol. The fourth-order valence-corrected chi connectivity index (χ4v) is 5.50. The zero-order chi connectivity index (χ0) is 27.7. The van der Waals surface area contributed by atoms with Crippen LogP contribution in [0.1, 0.15) is 49.3 Å². The maximum Gasteiger partial charge on any atom is 0.269 e. The van der Waals surface area contributed by atoms with Gasteiger partial charge in [0.2, 0.25) is 5.91 Å². The van der Waals surface area contributed by atoms with E-state index in [-0.39, 0.29) is 36.1 Å². The van der Waals surface area contributed by atoms with Crippen LogP contribution in [0.25, 0.3) is 0 Å². The molecule has 0 fully saturated rings. The van der Waals surface area contributed by atoms with E-state index >= 15 is 0 Å². The molecule has 2 atom stereocenters. The van der Waals surface area contributed by atoms with Crippen LogP contribution < -0.4 is 19.7 Å². The van der Waals surface area contributed by atoms with Crippen LogP contribution in [0.3, 0.4) is 0 Å². The third kappa shape index (κ3) is 4.71. The van der Waals surface area contributed by atoms with Crippen LogP contribution in [0, 0.1) is 10.1 Å². The second-order valence-electron chi connectivity index (χ2n) is 9.55. The molecule has 39 heavy (non-hydrogen) atoms. The Morgan fingerprint density at radius 2 is 1.77 bits per heavy atom. The lowest BCUT2D eigenvalue weighted by molar-refractivity contribution is -0.384. The molecule has 0 bridgehead atoms. The number of ketones is 1. The number of hydrogen-bond acceptors (Lipinski definition) is 7. The Morgan fingerprint density at radius 1 is 1.00 bits per heavy atom. The number of methoxy groups -OCH3 is 2. The average Bonchev–Trinajstić information content (AvgIpc) is 3.11. The molecular weight excluding hydrogens is 498 g/mol. The van der Waals surface area contributed by atoms with Crippen LogP contribution >= 0.6 is 0 Å². The second-order valence-corrected chi connectivity index (χ2v) is 9.55. The number of rotatable bonds is 6. The maximum absolute atomic E-state index is 14.0. The first-order chi connectivity index (χ1) is 18.9. The van der Waals surface area contributed by atoms with E-state index in [0.717, 1.165) is 5.56 Å². The Hall–Kier alpha value is -4.66. The minimum atomic E-state index is -0.817. The van der Waals surface area contributed by atoms with Gasteiger partial charge in [-0.05, 0) is 47.7 Å². The van der Waals surface area contributed by atoms with Gasteiger partial charge < -0.3 is 14.8 Å². The van der Waals surface area contributed by atoms with Crippen molar-refractivity contribution in [3.8, 4) is 11.5 Å². The maximum atomic E-state index is 14.0. The molecule has 5 rings (SSSR count). The van der Waals surface area contributed by atoms with Crippen LogP contribution in [0.4, 0.5) is 17.1 Å². The summed E-state index contributed by atoms with van der Waals surface area (Å²) in [5.74, 6) is 0.723. The molecule has 0 saturated carbocycles. The number of amides is 1. The number of hydrogen-bond donors (Lipinski definition) is 1. The van der Waals surface area contributed by atoms with Gasteiger partial charge in [-0.3, -0.25) is 24.6 Å². The van der Waals surface area contributed by atoms with Crippen LogP contribution in [0.15, 0.2) is 78.0 Å². The highest BCUT2D eigenvalue weighted by Gasteiger charge is 2.41. The third-order valence-corrected chi connectivity index (χ3v) is 7.34. The Labute approximate surface area is 226 Å². The molecule has 2 aliphatic rings. The number of allylic oxidation sites excluding steroid dienone is 1. The fourth-order valence-electron chi connectivity index (χ4n) is 5.50. The summed E-state index contributed by atoms with van der Waals surface area (Å²) in [6, 6.07) is 18.4. The van der Waals surface area contributed by atoms with E-state index in [9.17, 15) is 19.7 Å². The largest absolute Gasteiger partial charge is 0.493 e. The smallest absolute Gasteiger partial charge is 0.269 e. The standard InChI is InChI=1S/C30H29N3O6/c1-4-28(35)32-24-11-6-5-10-22(24)31-23-15-20(18-12-13-26(38-2)27(17-18)39-3)16-25(34)29(23)30(32)19-8-7-9-21(14-19)33(36)37/h5-14,17,20,30-31H,4,15-16H2,1-3H3/t20-,30+/m1/s1. The van der Waals surface area contributed by atoms with E-state index in [4.69, 9.17) is 9.47 Å². The Balaban J connectivity index is 1.69. The summed E-state index contributed by atoms with van der Waals surface area (Å²) in [7, 11) is 3.14. The predicted molar refractivity (Wildman–Crippen MR) is 147 cm³/mol. The molecule has 200 valence electrons. The van der Waals surface area contributed by atoms with Gasteiger partial charge in [-0.25, -0.2) is 0 Å². The summed E-state index contributed by atoms with van der Waals surface area (Å²) in [5.41, 5.74) is 3.79. The SMILES string of the molecule is CCC(=O)N1c2ccccc2NC2=C(C(=O)C[C@H](c3ccc(OC)c(OC)c3)C2)[C@@H]1c1cccc([N+](=O)[O-])c1. The number of nitro groups is 1. The summed E-state index contributed by atoms with van der Waals surface area (Å²) < 4.78 is 10.9. The molecule has 3 aromatic carbocycles. The van der Waals surface area contributed by atoms with E-state index in [1.165, 1.54) is 12.1 Å². The molecule has 0 aromatic heterocycles. The highest BCUT2D eigenvalue weighted by molar-refractivity contribution is 6.06. The first-order valence-electron chi connectivity index (χ1n) is 12.8. The van der Waals surface area contributed by atoms with Crippen molar-refractivity contribution in [1.29, 1.82) is 0 Å². The van der Waals surface area contributed by atoms with Gasteiger partial charge >= 0.3 is 0 Å². The lowest BCUT2D eigenvalue weighted by Crippen LogP contribution is -2.38. The molecule has 0 radical (unpaired) electrons. The van der Waals surface area contributed by atoms with Crippen LogP contribution in [0.2, 0.25) is 0 Å². The summed E-state index contributed by atoms with van der Waals surface area (Å²) in [6.45, 7) is 1.76. The molecule has 0 saturated heterocycles. The molecule has 1 N–H and O–H groups in total. The molecule has 1 aliphatic carbocycles. The molecule has 9 nitrogen and oxygen atoms in total. The Bertz CT molecular complexity index is 1500. The van der Waals surface area contributed by atoms with Crippen LogP contribution in [0.5, 0.6) is 11.5 Å². The topological polar surface area (TPSA) is 111 Å². The molecule has 1 amide bonds. The first kappa shape index (κ1) is 26.0. The number of nitrogens with zero attached hydrogens (tertiary/aromatic N) is 2. The number of nitrogens with one attached hydrogen (secondary N) is 1. The molecule has 1 heterocycles. The number of anilines is 2. The predicted octanol–water partition coefficient (Wildman–Crippen LogP) is 5.92. The van der Waals surface area contributed by atoms with E-state index in [1.807, 2.05) is 42.5 Å². The quantitative estimate of drug-likeness (QED) is 0.313. The minimum Gasteiger partial charge on any atom is -0.493 e. The zero-order valence-corrected chi connectivity index (χ0v) is 22.0. The third-order valence-electron chi connectivity index (χ3n) is 7.34. The minimum absolute atomic E-state index is 0.101. The Morgan fingerprint density at radius 3 is 2.49 bits per heavy atom. The monoisotopic (exact) mass is 527 g/mol. The van der Waals surface area contributed by atoms with Gasteiger partial charge in [0.15, 0.2) is 17.3 Å². The van der Waals surface area contributed by atoms with Gasteiger partial charge in [0.1, 0.15) is 0 Å². The molecule has 3 aromatic rings. The van der Waals surface area contributed by atoms with Crippen molar-refractivity contribution in [2.24, 2.45) is 0 Å². The number of non-ortho nitro benzene ring substituents is 1. The molecular formula is C30H29N3O6. The van der Waals surface area contributed by atoms with Crippen molar-refractivity contribution in [2.75, 3.05) is 24.4 Å². The number of carbonyl (C=O) groups excluding carboxylic acids is 2. The van der Waals surface area contributed by atoms with E-state index < -0.39 is 11.0 Å². The molecule has 0 spiro atoms. The van der Waals surface area contributed by atoms with Gasteiger partial charge in [-0.15, -0.1) is 0 Å². The number of para-hydroxylation sites is 2. The van der Waals surface area contributed by atoms with E-state index in [0.29, 0.717) is 46.1 Å². The summed E-state index contributed by atoms with van der Waals surface area (Å²) in [5, 5.41) is 15.1. The van der Waals surface area contributed by atoms with Crippen molar-refractivity contribution in [1.82, 2.24) is 0 Å². The summed E-state index contributed by atoms with van der Waals surface area (Å²) >= 11 is 0. The van der Waals surface area contributed by atoms with E-state index in [2.05, 4.69) is 5.32 Å². The molecule has 1 aliphatic heterocycles. The number of fused-ring (bicyclic) bond motifs is 1. The van der Waals surface area contributed by atoms with Gasteiger partial charge in [0, 0.05) is 36.2 Å². The fraction of sp³-hybridized carbons (Fsp3) is 0.267. The van der Waals surface area contributed by atoms with Crippen molar-refractivity contribution < 1.29 is 24.0 Å². The number of ether oxygens (including phenoxy) is 2. The number of Topliss-reactive ketones (excluding diaryl/α,β-unsaturated/α-hetero) is 1. The van der Waals surface area contributed by atoms with Gasteiger partial charge in [-0.1, -0.05) is 37.3 Å². The number of carbonyl (C=O) groups is 2. The highest BCUT2D eigenvalue weighted by atomic mass is 16.6. The normalized spacial score (nSPS) is 18.4. The van der Waals surface area contributed by atoms with Crippen molar-refractivity contribution >= 4 is 28.8 Å². The highest BCUT2D eigenvalue weighted by Crippen LogP contribution is 2.48. The number of benzene rings is 3. The van der Waals surface area contributed by atoms with Gasteiger partial charge in [0.25, 0.3) is 5.69 Å². The van der Waals surface area contributed by atoms with Gasteiger partial charge in [0.05, 0.1) is 36.6 Å². The summed E-state index contributed by atoms with van der Waals surface area (Å²) in [4.78, 5) is 40.3. The van der Waals surface area contributed by atoms with E-state index in [1.54, 1.807) is 38.2 Å². The molecule has 9 heteroatoms. The zero-order valence-electron chi connectivity index (χ0n) is 22.0. The number of nitro benzene ring substituents is 1. The van der Waals surface area contributed by atoms with Crippen molar-refractivity contribution in [3.63, 3.8) is 0 Å². The Kier molecular flexibility index (Phi) is 7.06. The second kappa shape index (κ2) is 10.6. The van der Waals surface area contributed by atoms with Crippen molar-refractivity contribution in [3.05, 3.63) is 99.2 Å². The lowest BCUT2D eigenvalue weighted by Gasteiger charge is -2.35. The van der Waals surface area contributed by atoms with Gasteiger partial charge in [-0.2, -0.15) is 0 Å². The van der Waals surface area contributed by atoms with Crippen molar-refractivity contribution in [2.45, 2.75) is 38.1 Å². The van der Waals surface area contributed by atoms with Crippen LogP contribution in [-0.4, -0.2) is 30.8 Å². The lowest BCUT2D eigenvalue weighted by atomic mass is 9.78. The summed E-state index contributed by atoms with van der Waals surface area (Å²) in [6.07, 6.45) is 0.918. The van der Waals surface area contributed by atoms with Crippen LogP contribution in [-0.2, 0) is 9.59 Å².